The second-order valence-corrected chi connectivity index (χ2v) is 5.17. The number of aromatic nitrogens is 1. The Morgan fingerprint density at radius 3 is 2.84 bits per heavy atom. The molecular formula is C15H16BrFN2. The van der Waals surface area contributed by atoms with E-state index in [9.17, 15) is 4.39 Å². The van der Waals surface area contributed by atoms with Gasteiger partial charge in [-0.2, -0.15) is 0 Å². The number of hydrogen-bond donors (Lipinski definition) is 1. The highest BCUT2D eigenvalue weighted by molar-refractivity contribution is 9.10. The van der Waals surface area contributed by atoms with Crippen molar-refractivity contribution in [3.8, 4) is 0 Å². The van der Waals surface area contributed by atoms with Crippen molar-refractivity contribution >= 4 is 15.9 Å². The highest BCUT2D eigenvalue weighted by atomic mass is 79.9. The van der Waals surface area contributed by atoms with Gasteiger partial charge in [0.05, 0.1) is 10.2 Å². The first kappa shape index (κ1) is 14.2. The Hall–Kier alpha value is -1.26. The summed E-state index contributed by atoms with van der Waals surface area (Å²) in [6.07, 6.45) is 2.77. The van der Waals surface area contributed by atoms with E-state index < -0.39 is 0 Å². The van der Waals surface area contributed by atoms with Crippen LogP contribution in [0.4, 0.5) is 4.39 Å². The zero-order valence-corrected chi connectivity index (χ0v) is 12.4. The smallest absolute Gasteiger partial charge is 0.137 e. The summed E-state index contributed by atoms with van der Waals surface area (Å²) in [6.45, 7) is 3.44. The summed E-state index contributed by atoms with van der Waals surface area (Å²) in [4.78, 5) is 4.37. The predicted octanol–water partition coefficient (Wildman–Crippen LogP) is 3.84. The number of hydrogen-bond acceptors (Lipinski definition) is 2. The van der Waals surface area contributed by atoms with Crippen LogP contribution in [0.15, 0.2) is 41.0 Å². The first-order chi connectivity index (χ1) is 9.20. The molecule has 0 aliphatic heterocycles. The molecule has 0 spiro atoms. The van der Waals surface area contributed by atoms with Gasteiger partial charge in [-0.1, -0.05) is 19.1 Å². The largest absolute Gasteiger partial charge is 0.307 e. The van der Waals surface area contributed by atoms with E-state index in [4.69, 9.17) is 0 Å². The molecule has 0 amide bonds. The van der Waals surface area contributed by atoms with Gasteiger partial charge in [0, 0.05) is 19.3 Å². The second kappa shape index (κ2) is 6.78. The lowest BCUT2D eigenvalue weighted by molar-refractivity contribution is 0.612. The van der Waals surface area contributed by atoms with E-state index in [0.717, 1.165) is 17.7 Å². The van der Waals surface area contributed by atoms with Crippen LogP contribution in [0.2, 0.25) is 0 Å². The van der Waals surface area contributed by atoms with Gasteiger partial charge in [0.25, 0.3) is 0 Å². The number of rotatable bonds is 5. The zero-order valence-electron chi connectivity index (χ0n) is 10.8. The molecule has 0 unspecified atom stereocenters. The van der Waals surface area contributed by atoms with E-state index in [1.165, 1.54) is 11.6 Å². The minimum absolute atomic E-state index is 0.230. The van der Waals surface area contributed by atoms with E-state index in [0.29, 0.717) is 17.6 Å². The molecule has 1 heterocycles. The summed E-state index contributed by atoms with van der Waals surface area (Å²) in [7, 11) is 0. The summed E-state index contributed by atoms with van der Waals surface area (Å²) >= 11 is 3.15. The van der Waals surface area contributed by atoms with Gasteiger partial charge >= 0.3 is 0 Å². The molecule has 1 N–H and O–H groups in total. The number of aryl methyl sites for hydroxylation is 1. The molecule has 0 atom stereocenters. The summed E-state index contributed by atoms with van der Waals surface area (Å²) in [6, 6.07) is 9.20. The molecule has 4 heteroatoms. The first-order valence-electron chi connectivity index (χ1n) is 6.28. The first-order valence-corrected chi connectivity index (χ1v) is 7.07. The lowest BCUT2D eigenvalue weighted by atomic mass is 10.1. The Labute approximate surface area is 121 Å². The topological polar surface area (TPSA) is 24.9 Å². The zero-order chi connectivity index (χ0) is 13.7. The number of nitrogens with one attached hydrogen (secondary N) is 1. The molecule has 0 aliphatic rings. The molecule has 0 saturated heterocycles. The summed E-state index contributed by atoms with van der Waals surface area (Å²) in [5.41, 5.74) is 3.23. The Bertz CT molecular complexity index is 558. The monoisotopic (exact) mass is 322 g/mol. The third-order valence-electron chi connectivity index (χ3n) is 2.97. The lowest BCUT2D eigenvalue weighted by Crippen LogP contribution is -2.15. The van der Waals surface area contributed by atoms with Crippen molar-refractivity contribution in [2.45, 2.75) is 26.4 Å². The molecular weight excluding hydrogens is 307 g/mol. The van der Waals surface area contributed by atoms with Crippen LogP contribution in [-0.2, 0) is 19.5 Å². The van der Waals surface area contributed by atoms with Crippen molar-refractivity contribution in [2.75, 3.05) is 0 Å². The van der Waals surface area contributed by atoms with Crippen LogP contribution < -0.4 is 5.32 Å². The Balaban J connectivity index is 1.94. The van der Waals surface area contributed by atoms with Crippen molar-refractivity contribution in [3.63, 3.8) is 0 Å². The third kappa shape index (κ3) is 3.85. The quantitative estimate of drug-likeness (QED) is 0.904. The molecule has 100 valence electrons. The average molecular weight is 323 g/mol. The van der Waals surface area contributed by atoms with E-state index in [1.807, 2.05) is 12.1 Å². The highest BCUT2D eigenvalue weighted by Crippen LogP contribution is 2.16. The number of benzene rings is 1. The summed E-state index contributed by atoms with van der Waals surface area (Å²) in [5.74, 6) is -0.230. The summed E-state index contributed by atoms with van der Waals surface area (Å²) < 4.78 is 13.9. The molecule has 0 bridgehead atoms. The standard InChI is InChI=1S/C15H16BrFN2/c1-2-12-4-3-7-19-15(12)10-18-9-11-5-6-13(16)14(17)8-11/h3-8,18H,2,9-10H2,1H3. The SMILES string of the molecule is CCc1cccnc1CNCc1ccc(Br)c(F)c1. The minimum atomic E-state index is -0.230. The van der Waals surface area contributed by atoms with Crippen molar-refractivity contribution in [2.24, 2.45) is 0 Å². The molecule has 0 saturated carbocycles. The Kier molecular flexibility index (Phi) is 5.05. The minimum Gasteiger partial charge on any atom is -0.307 e. The average Bonchev–Trinajstić information content (AvgIpc) is 2.43. The van der Waals surface area contributed by atoms with Crippen molar-refractivity contribution in [1.29, 1.82) is 0 Å². The number of pyridine rings is 1. The predicted molar refractivity (Wildman–Crippen MR) is 78.3 cm³/mol. The maximum atomic E-state index is 13.4. The van der Waals surface area contributed by atoms with Crippen LogP contribution in [0.25, 0.3) is 0 Å². The molecule has 2 nitrogen and oxygen atoms in total. The van der Waals surface area contributed by atoms with Gasteiger partial charge in [0.2, 0.25) is 0 Å². The molecule has 2 aromatic rings. The Morgan fingerprint density at radius 1 is 1.26 bits per heavy atom. The molecule has 0 fully saturated rings. The van der Waals surface area contributed by atoms with Crippen molar-refractivity contribution in [1.82, 2.24) is 10.3 Å². The van der Waals surface area contributed by atoms with Gasteiger partial charge in [0.1, 0.15) is 5.82 Å². The number of halogens is 2. The van der Waals surface area contributed by atoms with Gasteiger partial charge < -0.3 is 5.32 Å². The van der Waals surface area contributed by atoms with E-state index in [2.05, 4.69) is 39.2 Å². The lowest BCUT2D eigenvalue weighted by Gasteiger charge is -2.08. The van der Waals surface area contributed by atoms with E-state index in [1.54, 1.807) is 12.3 Å². The maximum Gasteiger partial charge on any atom is 0.137 e. The van der Waals surface area contributed by atoms with Crippen LogP contribution in [0.1, 0.15) is 23.7 Å². The molecule has 0 aliphatic carbocycles. The van der Waals surface area contributed by atoms with Gasteiger partial charge in [-0.3, -0.25) is 4.98 Å². The van der Waals surface area contributed by atoms with Crippen LogP contribution >= 0.6 is 15.9 Å². The molecule has 19 heavy (non-hydrogen) atoms. The summed E-state index contributed by atoms with van der Waals surface area (Å²) in [5, 5.41) is 3.29. The fraction of sp³-hybridized carbons (Fsp3) is 0.267. The van der Waals surface area contributed by atoms with Gasteiger partial charge in [0.15, 0.2) is 0 Å². The van der Waals surface area contributed by atoms with Crippen LogP contribution in [0, 0.1) is 5.82 Å². The van der Waals surface area contributed by atoms with E-state index in [-0.39, 0.29) is 5.82 Å². The number of nitrogens with zero attached hydrogens (tertiary/aromatic N) is 1. The maximum absolute atomic E-state index is 13.4. The fourth-order valence-corrected chi connectivity index (χ4v) is 2.17. The Morgan fingerprint density at radius 2 is 2.11 bits per heavy atom. The van der Waals surface area contributed by atoms with E-state index >= 15 is 0 Å². The fourth-order valence-electron chi connectivity index (χ4n) is 1.93. The van der Waals surface area contributed by atoms with Crippen LogP contribution in [0.3, 0.4) is 0 Å². The van der Waals surface area contributed by atoms with Gasteiger partial charge in [-0.05, 0) is 51.7 Å². The van der Waals surface area contributed by atoms with Crippen LogP contribution in [0.5, 0.6) is 0 Å². The molecule has 1 aromatic heterocycles. The van der Waals surface area contributed by atoms with Crippen molar-refractivity contribution in [3.05, 3.63) is 63.6 Å². The van der Waals surface area contributed by atoms with Gasteiger partial charge in [-0.15, -0.1) is 0 Å². The second-order valence-electron chi connectivity index (χ2n) is 4.31. The van der Waals surface area contributed by atoms with Crippen molar-refractivity contribution < 1.29 is 4.39 Å². The normalized spacial score (nSPS) is 10.7. The third-order valence-corrected chi connectivity index (χ3v) is 3.61. The molecule has 0 radical (unpaired) electrons. The highest BCUT2D eigenvalue weighted by Gasteiger charge is 2.03. The molecule has 1 aromatic carbocycles. The van der Waals surface area contributed by atoms with Crippen LogP contribution in [-0.4, -0.2) is 4.98 Å². The van der Waals surface area contributed by atoms with Gasteiger partial charge in [-0.25, -0.2) is 4.39 Å². The molecule has 2 rings (SSSR count).